The number of halogens is 1. The van der Waals surface area contributed by atoms with Gasteiger partial charge >= 0.3 is 0 Å². The third kappa shape index (κ3) is 7.44. The van der Waals surface area contributed by atoms with E-state index in [0.29, 0.717) is 22.6 Å². The Balaban J connectivity index is 0.000000208. The van der Waals surface area contributed by atoms with Crippen LogP contribution in [0.1, 0.15) is 69.9 Å². The second kappa shape index (κ2) is 15.0. The third-order valence-corrected chi connectivity index (χ3v) is 9.36. The predicted octanol–water partition coefficient (Wildman–Crippen LogP) is 12.1. The van der Waals surface area contributed by atoms with Crippen molar-refractivity contribution in [2.24, 2.45) is 0 Å². The number of benzene rings is 4. The molecule has 0 aliphatic heterocycles. The first-order chi connectivity index (χ1) is 23.4. The molecule has 4 aromatic carbocycles. The summed E-state index contributed by atoms with van der Waals surface area (Å²) in [6, 6.07) is 39.9. The Bertz CT molecular complexity index is 2130. The Morgan fingerprint density at radius 3 is 2.16 bits per heavy atom. The quantitative estimate of drug-likeness (QED) is 0.166. The van der Waals surface area contributed by atoms with E-state index < -0.39 is 0 Å². The van der Waals surface area contributed by atoms with E-state index in [1.165, 1.54) is 43.2 Å². The standard InChI is InChI=1S/C29H23FNO.C15H16N.Ir/c30-25-17-16-23-22-9-6-10-24(26-11-4-5-18-31-26)28(22)32-29(23)27(25)21-14-12-20(13-15-21)19-7-2-1-3-8-19;1-15(2,3)13-9-10-14(16-11-13)12-7-5-4-6-8-12;/h4-6,9,11-19H,1-3,7-8H2;4-7,9-11H,1-3H3;/q2*-1;. The van der Waals surface area contributed by atoms with Crippen molar-refractivity contribution < 1.29 is 28.9 Å². The van der Waals surface area contributed by atoms with Crippen LogP contribution in [-0.4, -0.2) is 9.97 Å². The SMILES string of the molecule is CC(C)(C)c1ccc(-c2[c-]cccc2)nc1.Fc1ccc2c(oc3c(-c4ccccn4)[c-]ccc32)c1-c1ccc(C2CCCCC2)cc1.[Ir]. The Morgan fingerprint density at radius 2 is 1.49 bits per heavy atom. The van der Waals surface area contributed by atoms with Crippen molar-refractivity contribution >= 4 is 21.9 Å². The number of hydrogen-bond donors (Lipinski definition) is 0. The zero-order valence-corrected chi connectivity index (χ0v) is 30.5. The van der Waals surface area contributed by atoms with E-state index in [1.807, 2.05) is 72.9 Å². The molecule has 1 saturated carbocycles. The fraction of sp³-hybridized carbons (Fsp3) is 0.227. The van der Waals surface area contributed by atoms with E-state index >= 15 is 4.39 Å². The fourth-order valence-electron chi connectivity index (χ4n) is 6.66. The van der Waals surface area contributed by atoms with Crippen LogP contribution in [0.2, 0.25) is 0 Å². The minimum atomic E-state index is -0.273. The third-order valence-electron chi connectivity index (χ3n) is 9.36. The molecule has 8 rings (SSSR count). The minimum absolute atomic E-state index is 0. The molecule has 7 aromatic rings. The van der Waals surface area contributed by atoms with E-state index in [9.17, 15) is 0 Å². The summed E-state index contributed by atoms with van der Waals surface area (Å²) in [5.74, 6) is 0.353. The summed E-state index contributed by atoms with van der Waals surface area (Å²) in [5.41, 5.74) is 8.99. The first-order valence-corrected chi connectivity index (χ1v) is 16.9. The topological polar surface area (TPSA) is 38.9 Å². The summed E-state index contributed by atoms with van der Waals surface area (Å²) in [7, 11) is 0. The molecule has 0 N–H and O–H groups in total. The van der Waals surface area contributed by atoms with Gasteiger partial charge in [-0.2, -0.15) is 0 Å². The summed E-state index contributed by atoms with van der Waals surface area (Å²) >= 11 is 0. The molecule has 0 saturated heterocycles. The predicted molar refractivity (Wildman–Crippen MR) is 194 cm³/mol. The maximum atomic E-state index is 15.1. The maximum absolute atomic E-state index is 15.1. The average molecular weight is 823 g/mol. The summed E-state index contributed by atoms with van der Waals surface area (Å²) in [5, 5.41) is 1.85. The number of hydrogen-bond acceptors (Lipinski definition) is 3. The molecule has 1 aliphatic rings. The van der Waals surface area contributed by atoms with E-state index in [1.54, 1.807) is 18.3 Å². The van der Waals surface area contributed by atoms with Crippen molar-refractivity contribution in [3.63, 3.8) is 0 Å². The molecular weight excluding hydrogens is 784 g/mol. The molecule has 5 heteroatoms. The molecular formula is C44H39FIrN2O-2. The van der Waals surface area contributed by atoms with Crippen molar-refractivity contribution in [1.29, 1.82) is 0 Å². The number of nitrogens with zero attached hydrogens (tertiary/aromatic N) is 2. The van der Waals surface area contributed by atoms with E-state index in [2.05, 4.69) is 67.1 Å². The van der Waals surface area contributed by atoms with E-state index in [4.69, 9.17) is 4.42 Å². The van der Waals surface area contributed by atoms with Crippen LogP contribution in [0.5, 0.6) is 0 Å². The monoisotopic (exact) mass is 823 g/mol. The molecule has 3 heterocycles. The molecule has 3 aromatic heterocycles. The van der Waals surface area contributed by atoms with Gasteiger partial charge in [0, 0.05) is 37.9 Å². The average Bonchev–Trinajstić information content (AvgIpc) is 3.51. The summed E-state index contributed by atoms with van der Waals surface area (Å²) in [6.45, 7) is 6.58. The molecule has 0 bridgehead atoms. The Hall–Kier alpha value is -4.44. The first-order valence-electron chi connectivity index (χ1n) is 16.9. The molecule has 49 heavy (non-hydrogen) atoms. The second-order valence-electron chi connectivity index (χ2n) is 13.6. The number of rotatable bonds is 4. The molecule has 1 fully saturated rings. The van der Waals surface area contributed by atoms with Crippen molar-refractivity contribution in [3.8, 4) is 33.6 Å². The second-order valence-corrected chi connectivity index (χ2v) is 13.6. The van der Waals surface area contributed by atoms with Gasteiger partial charge in [-0.05, 0) is 70.5 Å². The van der Waals surface area contributed by atoms with Gasteiger partial charge < -0.3 is 14.4 Å². The van der Waals surface area contributed by atoms with Gasteiger partial charge in [-0.25, -0.2) is 4.39 Å². The number of furan rings is 1. The van der Waals surface area contributed by atoms with Crippen LogP contribution in [0.3, 0.4) is 0 Å². The number of aromatic nitrogens is 2. The Labute approximate surface area is 302 Å². The zero-order chi connectivity index (χ0) is 33.1. The van der Waals surface area contributed by atoms with Gasteiger partial charge in [0.15, 0.2) is 0 Å². The van der Waals surface area contributed by atoms with Gasteiger partial charge in [-0.3, -0.25) is 0 Å². The number of fused-ring (bicyclic) bond motifs is 3. The van der Waals surface area contributed by atoms with Gasteiger partial charge in [0.1, 0.15) is 11.4 Å². The van der Waals surface area contributed by atoms with Crippen LogP contribution in [-0.2, 0) is 25.5 Å². The smallest absolute Gasteiger partial charge is 0.134 e. The number of pyridine rings is 2. The zero-order valence-electron chi connectivity index (χ0n) is 28.1. The van der Waals surface area contributed by atoms with Crippen LogP contribution in [0.25, 0.3) is 55.6 Å². The van der Waals surface area contributed by atoms with Crippen molar-refractivity contribution in [1.82, 2.24) is 9.97 Å². The molecule has 249 valence electrons. The van der Waals surface area contributed by atoms with Crippen LogP contribution in [0.4, 0.5) is 4.39 Å². The van der Waals surface area contributed by atoms with Crippen LogP contribution >= 0.6 is 0 Å². The Kier molecular flexibility index (Phi) is 10.5. The molecule has 0 amide bonds. The fourth-order valence-corrected chi connectivity index (χ4v) is 6.66. The van der Waals surface area contributed by atoms with E-state index in [-0.39, 0.29) is 31.3 Å². The first kappa shape index (κ1) is 34.4. The van der Waals surface area contributed by atoms with Gasteiger partial charge in [0.25, 0.3) is 0 Å². The van der Waals surface area contributed by atoms with Crippen molar-refractivity contribution in [2.45, 2.75) is 64.2 Å². The van der Waals surface area contributed by atoms with Crippen molar-refractivity contribution in [2.75, 3.05) is 0 Å². The normalized spacial score (nSPS) is 13.5. The molecule has 3 nitrogen and oxygen atoms in total. The maximum Gasteiger partial charge on any atom is 0.134 e. The van der Waals surface area contributed by atoms with Crippen LogP contribution < -0.4 is 0 Å². The van der Waals surface area contributed by atoms with E-state index in [0.717, 1.165) is 38.9 Å². The summed E-state index contributed by atoms with van der Waals surface area (Å²) < 4.78 is 21.5. The van der Waals surface area contributed by atoms with Crippen LogP contribution in [0.15, 0.2) is 120 Å². The molecule has 0 atom stereocenters. The van der Waals surface area contributed by atoms with Gasteiger partial charge in [0.05, 0.1) is 11.1 Å². The van der Waals surface area contributed by atoms with Gasteiger partial charge in [0.2, 0.25) is 0 Å². The van der Waals surface area contributed by atoms with Gasteiger partial charge in [-0.15, -0.1) is 54.1 Å². The molecule has 0 spiro atoms. The largest absolute Gasteiger partial charge is 0.500 e. The molecule has 1 aliphatic carbocycles. The van der Waals surface area contributed by atoms with Crippen molar-refractivity contribution in [3.05, 3.63) is 145 Å². The molecule has 0 unspecified atom stereocenters. The molecule has 1 radical (unpaired) electrons. The minimum Gasteiger partial charge on any atom is -0.500 e. The Morgan fingerprint density at radius 1 is 0.714 bits per heavy atom. The van der Waals surface area contributed by atoms with Crippen LogP contribution in [0, 0.1) is 17.9 Å². The summed E-state index contributed by atoms with van der Waals surface area (Å²) in [6.07, 6.45) is 10.1. The van der Waals surface area contributed by atoms with Gasteiger partial charge in [-0.1, -0.05) is 99.5 Å². The summed E-state index contributed by atoms with van der Waals surface area (Å²) in [4.78, 5) is 8.94.